The number of fused-ring (bicyclic) bond motifs is 1. The molecule has 0 aromatic heterocycles. The number of amides is 1. The third kappa shape index (κ3) is 3.48. The maximum Gasteiger partial charge on any atom is 0.573 e. The second-order valence-electron chi connectivity index (χ2n) is 6.87. The van der Waals surface area contributed by atoms with Gasteiger partial charge in [0.1, 0.15) is 5.75 Å². The van der Waals surface area contributed by atoms with E-state index >= 15 is 0 Å². The molecule has 3 nitrogen and oxygen atoms in total. The predicted octanol–water partition coefficient (Wildman–Crippen LogP) is 5.18. The predicted molar refractivity (Wildman–Crippen MR) is 89.6 cm³/mol. The number of ether oxygens (including phenoxy) is 1. The molecule has 2 aromatic rings. The summed E-state index contributed by atoms with van der Waals surface area (Å²) in [5.74, 6) is -0.369. The Morgan fingerprint density at radius 1 is 1.12 bits per heavy atom. The number of anilines is 1. The molecule has 0 bridgehead atoms. The van der Waals surface area contributed by atoms with Crippen molar-refractivity contribution in [1.82, 2.24) is 0 Å². The van der Waals surface area contributed by atoms with Crippen LogP contribution in [0.3, 0.4) is 0 Å². The minimum atomic E-state index is -4.77. The highest BCUT2D eigenvalue weighted by Crippen LogP contribution is 2.43. The highest BCUT2D eigenvalue weighted by atomic mass is 19.4. The van der Waals surface area contributed by atoms with Crippen LogP contribution in [0.4, 0.5) is 18.9 Å². The topological polar surface area (TPSA) is 38.3 Å². The van der Waals surface area contributed by atoms with Crippen molar-refractivity contribution >= 4 is 11.6 Å². The lowest BCUT2D eigenvalue weighted by Gasteiger charge is -2.33. The molecule has 25 heavy (non-hydrogen) atoms. The van der Waals surface area contributed by atoms with Crippen molar-refractivity contribution in [3.05, 3.63) is 47.5 Å². The van der Waals surface area contributed by atoms with Gasteiger partial charge in [-0.3, -0.25) is 4.79 Å². The maximum absolute atomic E-state index is 12.7. The zero-order valence-corrected chi connectivity index (χ0v) is 14.1. The molecule has 3 rings (SSSR count). The van der Waals surface area contributed by atoms with E-state index in [0.29, 0.717) is 23.2 Å². The van der Waals surface area contributed by atoms with Crippen LogP contribution in [0.1, 0.15) is 31.4 Å². The van der Waals surface area contributed by atoms with Crippen LogP contribution in [-0.2, 0) is 10.2 Å². The number of alkyl halides is 3. The van der Waals surface area contributed by atoms with E-state index in [1.165, 1.54) is 12.1 Å². The first kappa shape index (κ1) is 17.3. The van der Waals surface area contributed by atoms with Crippen molar-refractivity contribution in [3.63, 3.8) is 0 Å². The molecule has 0 spiro atoms. The average molecular weight is 349 g/mol. The van der Waals surface area contributed by atoms with Crippen LogP contribution in [0.15, 0.2) is 36.4 Å². The fraction of sp³-hybridized carbons (Fsp3) is 0.316. The first-order valence-corrected chi connectivity index (χ1v) is 7.87. The monoisotopic (exact) mass is 349 g/mol. The fourth-order valence-corrected chi connectivity index (χ4v) is 3.26. The average Bonchev–Trinajstić information content (AvgIpc) is 2.46. The van der Waals surface area contributed by atoms with Gasteiger partial charge in [-0.15, -0.1) is 13.2 Å². The van der Waals surface area contributed by atoms with E-state index in [0.717, 1.165) is 11.1 Å². The summed E-state index contributed by atoms with van der Waals surface area (Å²) in [6.45, 7) is 5.79. The molecule has 1 amide bonds. The molecule has 1 aliphatic rings. The Kier molecular flexibility index (Phi) is 4.01. The van der Waals surface area contributed by atoms with Gasteiger partial charge in [0.05, 0.1) is 0 Å². The van der Waals surface area contributed by atoms with Crippen molar-refractivity contribution in [1.29, 1.82) is 0 Å². The second-order valence-corrected chi connectivity index (χ2v) is 6.87. The van der Waals surface area contributed by atoms with Crippen molar-refractivity contribution in [2.75, 3.05) is 5.32 Å². The third-order valence-corrected chi connectivity index (χ3v) is 4.37. The van der Waals surface area contributed by atoms with Crippen molar-refractivity contribution in [3.8, 4) is 16.9 Å². The SMILES string of the molecule is Cc1cc2c(cc1-c1ccccc1OC(F)(F)F)NC(=O)CC2(C)C. The Bertz CT molecular complexity index is 841. The van der Waals surface area contributed by atoms with E-state index < -0.39 is 6.36 Å². The minimum Gasteiger partial charge on any atom is -0.405 e. The van der Waals surface area contributed by atoms with E-state index in [4.69, 9.17) is 0 Å². The lowest BCUT2D eigenvalue weighted by Crippen LogP contribution is -2.32. The molecule has 1 aliphatic heterocycles. The molecule has 2 aromatic carbocycles. The van der Waals surface area contributed by atoms with Crippen molar-refractivity contribution < 1.29 is 22.7 Å². The number of carbonyl (C=O) groups excluding carboxylic acids is 1. The number of rotatable bonds is 2. The van der Waals surface area contributed by atoms with E-state index in [-0.39, 0.29) is 17.1 Å². The smallest absolute Gasteiger partial charge is 0.405 e. The van der Waals surface area contributed by atoms with Gasteiger partial charge in [-0.2, -0.15) is 0 Å². The number of para-hydroxylation sites is 1. The Balaban J connectivity index is 2.14. The van der Waals surface area contributed by atoms with Gasteiger partial charge in [-0.25, -0.2) is 0 Å². The highest BCUT2D eigenvalue weighted by Gasteiger charge is 2.34. The molecule has 0 aliphatic carbocycles. The first-order valence-electron chi connectivity index (χ1n) is 7.87. The summed E-state index contributed by atoms with van der Waals surface area (Å²) in [7, 11) is 0. The molecule has 0 saturated heterocycles. The summed E-state index contributed by atoms with van der Waals surface area (Å²) < 4.78 is 42.2. The quantitative estimate of drug-likeness (QED) is 0.811. The third-order valence-electron chi connectivity index (χ3n) is 4.37. The zero-order valence-electron chi connectivity index (χ0n) is 14.1. The number of aryl methyl sites for hydroxylation is 1. The molecular formula is C19H18F3NO2. The van der Waals surface area contributed by atoms with Crippen molar-refractivity contribution in [2.45, 2.75) is 39.0 Å². The van der Waals surface area contributed by atoms with Gasteiger partial charge >= 0.3 is 6.36 Å². The number of benzene rings is 2. The summed E-state index contributed by atoms with van der Waals surface area (Å²) in [5.41, 5.74) is 3.02. The van der Waals surface area contributed by atoms with Crippen LogP contribution < -0.4 is 10.1 Å². The maximum atomic E-state index is 12.7. The van der Waals surface area contributed by atoms with Gasteiger partial charge in [0.2, 0.25) is 5.91 Å². The zero-order chi connectivity index (χ0) is 18.4. The Morgan fingerprint density at radius 2 is 1.80 bits per heavy atom. The van der Waals surface area contributed by atoms with Gasteiger partial charge < -0.3 is 10.1 Å². The number of nitrogens with one attached hydrogen (secondary N) is 1. The van der Waals surface area contributed by atoms with Crippen LogP contribution >= 0.6 is 0 Å². The van der Waals surface area contributed by atoms with E-state index in [2.05, 4.69) is 10.1 Å². The van der Waals surface area contributed by atoms with E-state index in [9.17, 15) is 18.0 Å². The van der Waals surface area contributed by atoms with Gasteiger partial charge in [-0.1, -0.05) is 38.1 Å². The van der Waals surface area contributed by atoms with Gasteiger partial charge in [-0.05, 0) is 35.7 Å². The lowest BCUT2D eigenvalue weighted by atomic mass is 9.76. The van der Waals surface area contributed by atoms with Gasteiger partial charge in [0, 0.05) is 23.1 Å². The number of halogens is 3. The molecule has 0 radical (unpaired) electrons. The van der Waals surface area contributed by atoms with Crippen LogP contribution in [0.25, 0.3) is 11.1 Å². The number of hydrogen-bond acceptors (Lipinski definition) is 2. The molecule has 6 heteroatoms. The Labute approximate surface area is 143 Å². The molecule has 1 N–H and O–H groups in total. The molecule has 0 saturated carbocycles. The van der Waals surface area contributed by atoms with Gasteiger partial charge in [0.15, 0.2) is 0 Å². The fourth-order valence-electron chi connectivity index (χ4n) is 3.26. The summed E-state index contributed by atoms with van der Waals surface area (Å²) in [5, 5.41) is 2.82. The summed E-state index contributed by atoms with van der Waals surface area (Å²) in [6, 6.07) is 9.65. The van der Waals surface area contributed by atoms with Crippen LogP contribution in [-0.4, -0.2) is 12.3 Å². The largest absolute Gasteiger partial charge is 0.573 e. The van der Waals surface area contributed by atoms with Crippen molar-refractivity contribution in [2.24, 2.45) is 0 Å². The van der Waals surface area contributed by atoms with E-state index in [1.54, 1.807) is 18.2 Å². The first-order chi connectivity index (χ1) is 11.6. The summed E-state index contributed by atoms with van der Waals surface area (Å²) in [6.07, 6.45) is -4.40. The van der Waals surface area contributed by atoms with Crippen LogP contribution in [0, 0.1) is 6.92 Å². The van der Waals surface area contributed by atoms with E-state index in [1.807, 2.05) is 26.8 Å². The lowest BCUT2D eigenvalue weighted by molar-refractivity contribution is -0.274. The number of carbonyl (C=O) groups is 1. The van der Waals surface area contributed by atoms with Gasteiger partial charge in [0.25, 0.3) is 0 Å². The van der Waals surface area contributed by atoms with Crippen LogP contribution in [0.5, 0.6) is 5.75 Å². The molecule has 0 atom stereocenters. The molecular weight excluding hydrogens is 331 g/mol. The second kappa shape index (κ2) is 5.79. The summed E-state index contributed by atoms with van der Waals surface area (Å²) >= 11 is 0. The van der Waals surface area contributed by atoms with Crippen LogP contribution in [0.2, 0.25) is 0 Å². The highest BCUT2D eigenvalue weighted by molar-refractivity contribution is 5.96. The standard InChI is InChI=1S/C19H18F3NO2/c1-11-8-14-15(23-17(24)10-18(14,2)3)9-13(11)12-6-4-5-7-16(12)25-19(20,21)22/h4-9H,10H2,1-3H3,(H,23,24). The Morgan fingerprint density at radius 3 is 2.48 bits per heavy atom. The minimum absolute atomic E-state index is 0.105. The molecule has 0 unspecified atom stereocenters. The molecule has 1 heterocycles. The molecule has 132 valence electrons. The summed E-state index contributed by atoms with van der Waals surface area (Å²) in [4.78, 5) is 11.9. The Hall–Kier alpha value is -2.50. The normalized spacial score (nSPS) is 16.2. The number of hydrogen-bond donors (Lipinski definition) is 1. The molecule has 0 fully saturated rings.